The summed E-state index contributed by atoms with van der Waals surface area (Å²) >= 11 is 0. The lowest BCUT2D eigenvalue weighted by atomic mass is 9.88. The van der Waals surface area contributed by atoms with Crippen LogP contribution in [0.15, 0.2) is 77.4 Å². The summed E-state index contributed by atoms with van der Waals surface area (Å²) < 4.78 is 11.7. The minimum Gasteiger partial charge on any atom is -0.463 e. The Morgan fingerprint density at radius 3 is 2.18 bits per heavy atom. The number of ether oxygens (including phenoxy) is 2. The number of hydrogen-bond acceptors (Lipinski definition) is 5. The summed E-state index contributed by atoms with van der Waals surface area (Å²) in [5.74, 6) is -0.745. The molecule has 0 aromatic heterocycles. The molecule has 0 radical (unpaired) electrons. The number of hydrogen-bond donors (Lipinski definition) is 1. The number of nitrogens with zero attached hydrogens (tertiary/aromatic N) is 3. The molecule has 0 spiro atoms. The van der Waals surface area contributed by atoms with E-state index in [2.05, 4.69) is 15.3 Å². The number of azide groups is 1. The molecule has 0 saturated carbocycles. The van der Waals surface area contributed by atoms with Gasteiger partial charge in [-0.05, 0) is 48.9 Å². The number of esters is 1. The number of rotatable bonds is 10. The predicted octanol–water partition coefficient (Wildman–Crippen LogP) is 4.30. The Bertz CT molecular complexity index is 994. The Morgan fingerprint density at radius 2 is 1.68 bits per heavy atom. The molecule has 0 unspecified atom stereocenters. The highest BCUT2D eigenvalue weighted by atomic mass is 16.5. The molecule has 0 fully saturated rings. The van der Waals surface area contributed by atoms with Gasteiger partial charge < -0.3 is 14.8 Å². The first kappa shape index (κ1) is 25.0. The lowest BCUT2D eigenvalue weighted by Gasteiger charge is -2.36. The van der Waals surface area contributed by atoms with Crippen LogP contribution in [-0.4, -0.2) is 42.8 Å². The summed E-state index contributed by atoms with van der Waals surface area (Å²) in [5.41, 5.74) is 11.7. The molecule has 34 heavy (non-hydrogen) atoms. The second-order valence-electron chi connectivity index (χ2n) is 8.22. The smallest absolute Gasteiger partial charge is 0.333 e. The van der Waals surface area contributed by atoms with Crippen molar-refractivity contribution in [3.05, 3.63) is 93.9 Å². The van der Waals surface area contributed by atoms with Crippen molar-refractivity contribution in [3.63, 3.8) is 0 Å². The summed E-state index contributed by atoms with van der Waals surface area (Å²) in [4.78, 5) is 27.4. The molecule has 3 rings (SSSR count). The summed E-state index contributed by atoms with van der Waals surface area (Å²) in [7, 11) is 0. The second-order valence-corrected chi connectivity index (χ2v) is 8.22. The van der Waals surface area contributed by atoms with Gasteiger partial charge in [0.15, 0.2) is 0 Å². The van der Waals surface area contributed by atoms with Gasteiger partial charge in [-0.25, -0.2) is 4.79 Å². The van der Waals surface area contributed by atoms with E-state index in [4.69, 9.17) is 15.0 Å². The number of carbonyl (C=O) groups is 2. The molecule has 0 aliphatic heterocycles. The van der Waals surface area contributed by atoms with Crippen LogP contribution < -0.4 is 5.32 Å². The zero-order chi connectivity index (χ0) is 24.3. The van der Waals surface area contributed by atoms with Crippen molar-refractivity contribution in [2.75, 3.05) is 6.61 Å². The Hall–Kier alpha value is -3.61. The molecule has 1 N–H and O–H groups in total. The van der Waals surface area contributed by atoms with Crippen LogP contribution in [0.4, 0.5) is 0 Å². The van der Waals surface area contributed by atoms with E-state index in [1.165, 1.54) is 6.92 Å². The second kappa shape index (κ2) is 12.6. The lowest BCUT2D eigenvalue weighted by Crippen LogP contribution is -2.53. The van der Waals surface area contributed by atoms with E-state index in [0.717, 1.165) is 11.1 Å². The summed E-state index contributed by atoms with van der Waals surface area (Å²) in [6.45, 7) is 3.36. The van der Waals surface area contributed by atoms with Crippen LogP contribution in [0.5, 0.6) is 0 Å². The largest absolute Gasteiger partial charge is 0.463 e. The SMILES string of the molecule is CCOC(=O)C1=C[C@@H](OC(Cc2ccccc2)Cc2ccccc2)[C@H](NC(C)=O)[C@@H](N=[N+]=[N-])C1. The highest BCUT2D eigenvalue weighted by Crippen LogP contribution is 2.27. The number of nitrogens with one attached hydrogen (secondary N) is 1. The van der Waals surface area contributed by atoms with Crippen LogP contribution in [0.3, 0.4) is 0 Å². The van der Waals surface area contributed by atoms with Crippen LogP contribution in [0.1, 0.15) is 31.4 Å². The van der Waals surface area contributed by atoms with Crippen molar-refractivity contribution in [1.82, 2.24) is 5.32 Å². The predicted molar refractivity (Wildman–Crippen MR) is 129 cm³/mol. The first-order valence-electron chi connectivity index (χ1n) is 11.4. The standard InChI is InChI=1S/C26H30N4O4/c1-3-33-26(32)21-16-23(29-30-27)25(28-18(2)31)24(17-21)34-22(14-19-10-6-4-7-11-19)15-20-12-8-5-9-13-20/h4-13,17,22-25H,3,14-16H2,1-2H3,(H,28,31)/t23-,24+,25+/m0/s1. The fourth-order valence-corrected chi connectivity index (χ4v) is 4.18. The van der Waals surface area contributed by atoms with Crippen LogP contribution in [-0.2, 0) is 31.9 Å². The van der Waals surface area contributed by atoms with Crippen molar-refractivity contribution in [2.24, 2.45) is 5.11 Å². The third-order valence-electron chi connectivity index (χ3n) is 5.63. The number of amides is 1. The van der Waals surface area contributed by atoms with Gasteiger partial charge in [-0.15, -0.1) is 0 Å². The Labute approximate surface area is 199 Å². The quantitative estimate of drug-likeness (QED) is 0.245. The normalized spacial score (nSPS) is 19.6. The maximum atomic E-state index is 12.5. The maximum Gasteiger partial charge on any atom is 0.333 e. The topological polar surface area (TPSA) is 113 Å². The zero-order valence-corrected chi connectivity index (χ0v) is 19.5. The van der Waals surface area contributed by atoms with Crippen molar-refractivity contribution in [3.8, 4) is 0 Å². The van der Waals surface area contributed by atoms with Gasteiger partial charge in [-0.3, -0.25) is 4.79 Å². The summed E-state index contributed by atoms with van der Waals surface area (Å²) in [5, 5.41) is 6.74. The molecule has 8 nitrogen and oxygen atoms in total. The van der Waals surface area contributed by atoms with Crippen molar-refractivity contribution >= 4 is 11.9 Å². The first-order chi connectivity index (χ1) is 16.5. The van der Waals surface area contributed by atoms with Gasteiger partial charge in [0.2, 0.25) is 5.91 Å². The average Bonchev–Trinajstić information content (AvgIpc) is 2.82. The van der Waals surface area contributed by atoms with E-state index in [1.54, 1.807) is 13.0 Å². The van der Waals surface area contributed by atoms with Crippen LogP contribution in [0.2, 0.25) is 0 Å². The van der Waals surface area contributed by atoms with E-state index >= 15 is 0 Å². The molecule has 2 aromatic carbocycles. The molecule has 178 valence electrons. The molecule has 3 atom stereocenters. The number of carbonyl (C=O) groups excluding carboxylic acids is 2. The maximum absolute atomic E-state index is 12.5. The Morgan fingerprint density at radius 1 is 1.09 bits per heavy atom. The minimum absolute atomic E-state index is 0.162. The van der Waals surface area contributed by atoms with E-state index < -0.39 is 24.2 Å². The highest BCUT2D eigenvalue weighted by molar-refractivity contribution is 5.89. The number of benzene rings is 2. The van der Waals surface area contributed by atoms with E-state index in [9.17, 15) is 9.59 Å². The molecule has 2 aromatic rings. The van der Waals surface area contributed by atoms with Gasteiger partial charge in [-0.2, -0.15) is 0 Å². The van der Waals surface area contributed by atoms with E-state index in [1.807, 2.05) is 60.7 Å². The van der Waals surface area contributed by atoms with Crippen LogP contribution >= 0.6 is 0 Å². The van der Waals surface area contributed by atoms with Gasteiger partial charge in [0, 0.05) is 17.4 Å². The summed E-state index contributed by atoms with van der Waals surface area (Å²) in [6, 6.07) is 18.7. The molecule has 0 bridgehead atoms. The van der Waals surface area contributed by atoms with E-state index in [0.29, 0.717) is 18.4 Å². The monoisotopic (exact) mass is 462 g/mol. The fourth-order valence-electron chi connectivity index (χ4n) is 4.18. The Balaban J connectivity index is 1.94. The van der Waals surface area contributed by atoms with Crippen molar-refractivity contribution < 1.29 is 19.1 Å². The van der Waals surface area contributed by atoms with Gasteiger partial charge >= 0.3 is 5.97 Å². The first-order valence-corrected chi connectivity index (χ1v) is 11.4. The minimum atomic E-state index is -0.683. The van der Waals surface area contributed by atoms with Gasteiger partial charge in [0.25, 0.3) is 0 Å². The average molecular weight is 463 g/mol. The molecule has 0 heterocycles. The molecule has 8 heteroatoms. The van der Waals surface area contributed by atoms with Gasteiger partial charge in [-0.1, -0.05) is 65.8 Å². The molecule has 1 aliphatic rings. The van der Waals surface area contributed by atoms with Gasteiger partial charge in [0.05, 0.1) is 30.9 Å². The molecule has 0 saturated heterocycles. The van der Waals surface area contributed by atoms with Crippen LogP contribution in [0, 0.1) is 0 Å². The third-order valence-corrected chi connectivity index (χ3v) is 5.63. The zero-order valence-electron chi connectivity index (χ0n) is 19.5. The third kappa shape index (κ3) is 7.20. The molecule has 1 aliphatic carbocycles. The van der Waals surface area contributed by atoms with Crippen molar-refractivity contribution in [1.29, 1.82) is 0 Å². The van der Waals surface area contributed by atoms with Crippen molar-refractivity contribution in [2.45, 2.75) is 57.4 Å². The molecule has 1 amide bonds. The fraction of sp³-hybridized carbons (Fsp3) is 0.385. The summed E-state index contributed by atoms with van der Waals surface area (Å²) in [6.07, 6.45) is 2.20. The molecular formula is C26H30N4O4. The Kier molecular flexibility index (Phi) is 9.26. The highest BCUT2D eigenvalue weighted by Gasteiger charge is 2.37. The van der Waals surface area contributed by atoms with E-state index in [-0.39, 0.29) is 25.0 Å². The van der Waals surface area contributed by atoms with Crippen LogP contribution in [0.25, 0.3) is 10.4 Å². The van der Waals surface area contributed by atoms with Gasteiger partial charge in [0.1, 0.15) is 0 Å². The lowest BCUT2D eigenvalue weighted by molar-refractivity contribution is -0.139. The molecular weight excluding hydrogens is 432 g/mol.